The van der Waals surface area contributed by atoms with Crippen molar-refractivity contribution in [1.82, 2.24) is 15.3 Å². The summed E-state index contributed by atoms with van der Waals surface area (Å²) in [7, 11) is 0. The molecule has 0 spiro atoms. The fraction of sp³-hybridized carbons (Fsp3) is 0.400. The summed E-state index contributed by atoms with van der Waals surface area (Å²) in [5.74, 6) is 5.09. The number of aliphatic imine (C=N–C) groups is 1. The fourth-order valence-corrected chi connectivity index (χ4v) is 8.47. The van der Waals surface area contributed by atoms with Crippen LogP contribution in [0.15, 0.2) is 58.6 Å². The maximum atomic E-state index is 14.9. The molecule has 5 rings (SSSR count). The van der Waals surface area contributed by atoms with Crippen LogP contribution in [0.5, 0.6) is 5.75 Å². The standard InChI is InChI=1S/C40H47FN8O5S3/c1-4-26(2)48(20-10-24-57(52)53)22-19-44-18-7-11-28-16-17-32(30(41)25-28)54-23-9-15-34-35(38(50)51)46-40(56-34)49-21-8-12-29(37(49)43)27(3)36(42)47-39-45-31-13-5-6-14-33(31)55-39/h5-6,13-14,16-17,25,43-44H,4,8-10,12,15,18-24H2,1-3H3,(H3-,42,45,47,50,51,52,53)/p+1/b29-27-,43-37?,48-26?. The van der Waals surface area contributed by atoms with E-state index in [1.807, 2.05) is 31.2 Å². The highest BCUT2D eigenvalue weighted by atomic mass is 32.2. The third-order valence-electron chi connectivity index (χ3n) is 9.36. The highest BCUT2D eigenvalue weighted by molar-refractivity contribution is 7.79. The van der Waals surface area contributed by atoms with E-state index >= 15 is 0 Å². The molecule has 57 heavy (non-hydrogen) atoms. The molecule has 0 bridgehead atoms. The first kappa shape index (κ1) is 43.3. The van der Waals surface area contributed by atoms with Crippen LogP contribution in [0.4, 0.5) is 14.7 Å². The molecule has 13 nitrogen and oxygen atoms in total. The third-order valence-corrected chi connectivity index (χ3v) is 12.1. The maximum Gasteiger partial charge on any atom is 0.355 e. The molecule has 1 saturated heterocycles. The topological polar surface area (TPSA) is 190 Å². The predicted molar refractivity (Wildman–Crippen MR) is 228 cm³/mol. The summed E-state index contributed by atoms with van der Waals surface area (Å²) < 4.78 is 43.8. The van der Waals surface area contributed by atoms with Gasteiger partial charge in [-0.05, 0) is 68.5 Å². The Balaban J connectivity index is 1.13. The van der Waals surface area contributed by atoms with Gasteiger partial charge in [0.1, 0.15) is 23.9 Å². The van der Waals surface area contributed by atoms with Gasteiger partial charge in [-0.15, -0.1) is 11.3 Å². The van der Waals surface area contributed by atoms with Gasteiger partial charge in [0, 0.05) is 42.3 Å². The molecule has 0 radical (unpaired) electrons. The number of amidine groups is 2. The number of aromatic nitrogens is 2. The SMILES string of the molecule is CCC(C)=[N+](CCCS(=O)O)CCNCC#Cc1ccc(OCCCc2sc(N3CCC/C(=C(C)/C(N)=N/c4nc5ccccc5s4)C3=N)nc2C(=O)O)c(F)c1. The van der Waals surface area contributed by atoms with Crippen LogP contribution in [-0.4, -0.2) is 96.8 Å². The van der Waals surface area contributed by atoms with Gasteiger partial charge in [0.15, 0.2) is 40.0 Å². The Kier molecular flexibility index (Phi) is 16.0. The van der Waals surface area contributed by atoms with Crippen LogP contribution >= 0.6 is 22.7 Å². The molecule has 4 aromatic rings. The molecule has 6 N–H and O–H groups in total. The van der Waals surface area contributed by atoms with E-state index in [1.165, 1.54) is 40.5 Å². The van der Waals surface area contributed by atoms with Crippen LogP contribution in [0.1, 0.15) is 73.8 Å². The largest absolute Gasteiger partial charge is 0.491 e. The minimum absolute atomic E-state index is 0.0697. The summed E-state index contributed by atoms with van der Waals surface area (Å²) in [5.41, 5.74) is 10.3. The van der Waals surface area contributed by atoms with Gasteiger partial charge in [0.05, 0.1) is 35.7 Å². The van der Waals surface area contributed by atoms with Crippen molar-refractivity contribution in [3.8, 4) is 17.6 Å². The molecule has 17 heteroatoms. The molecule has 302 valence electrons. The van der Waals surface area contributed by atoms with Gasteiger partial charge in [-0.1, -0.05) is 42.2 Å². The van der Waals surface area contributed by atoms with E-state index in [9.17, 15) is 18.5 Å². The van der Waals surface area contributed by atoms with Gasteiger partial charge < -0.3 is 30.3 Å². The number of thiazole rings is 2. The molecule has 1 unspecified atom stereocenters. The van der Waals surface area contributed by atoms with Crippen molar-refractivity contribution in [1.29, 1.82) is 5.41 Å². The number of fused-ring (bicyclic) bond motifs is 1. The fourth-order valence-electron chi connectivity index (χ4n) is 6.12. The number of nitrogens with two attached hydrogens (primary N) is 1. The minimum atomic E-state index is -1.79. The van der Waals surface area contributed by atoms with E-state index in [1.54, 1.807) is 11.0 Å². The van der Waals surface area contributed by atoms with E-state index in [0.717, 1.165) is 29.6 Å². The predicted octanol–water partition coefficient (Wildman–Crippen LogP) is 6.62. The normalized spacial score (nSPS) is 15.3. The Morgan fingerprint density at radius 2 is 2.00 bits per heavy atom. The summed E-state index contributed by atoms with van der Waals surface area (Å²) in [6.07, 6.45) is 3.65. The summed E-state index contributed by atoms with van der Waals surface area (Å²) in [5, 5.41) is 23.2. The number of carboxylic acids is 1. The van der Waals surface area contributed by atoms with Crippen molar-refractivity contribution >= 4 is 77.6 Å². The highest BCUT2D eigenvalue weighted by Gasteiger charge is 2.28. The number of ether oxygens (including phenoxy) is 1. The molecule has 0 saturated carbocycles. The molecule has 1 aliphatic rings. The number of benzene rings is 2. The van der Waals surface area contributed by atoms with Crippen LogP contribution in [0.25, 0.3) is 10.2 Å². The van der Waals surface area contributed by atoms with Crippen molar-refractivity contribution in [2.75, 3.05) is 50.0 Å². The van der Waals surface area contributed by atoms with Crippen molar-refractivity contribution < 1.29 is 32.4 Å². The van der Waals surface area contributed by atoms with Crippen molar-refractivity contribution in [2.45, 2.75) is 59.3 Å². The Labute approximate surface area is 342 Å². The first-order valence-corrected chi connectivity index (χ1v) is 21.6. The molecular weight excluding hydrogens is 788 g/mol. The Morgan fingerprint density at radius 1 is 1.19 bits per heavy atom. The van der Waals surface area contributed by atoms with Gasteiger partial charge >= 0.3 is 5.97 Å². The number of para-hydroxylation sites is 1. The van der Waals surface area contributed by atoms with Gasteiger partial charge in [-0.25, -0.2) is 32.9 Å². The highest BCUT2D eigenvalue weighted by Crippen LogP contribution is 2.33. The van der Waals surface area contributed by atoms with E-state index in [4.69, 9.17) is 20.4 Å². The van der Waals surface area contributed by atoms with E-state index in [0.29, 0.717) is 83.7 Å². The Bertz CT molecular complexity index is 2240. The summed E-state index contributed by atoms with van der Waals surface area (Å²) in [4.78, 5) is 27.9. The number of anilines is 1. The average Bonchev–Trinajstić information content (AvgIpc) is 3.81. The molecule has 2 aromatic heterocycles. The first-order valence-electron chi connectivity index (χ1n) is 18.7. The Hall–Kier alpha value is -4.86. The zero-order chi connectivity index (χ0) is 40.9. The molecule has 0 amide bonds. The molecule has 0 aliphatic carbocycles. The van der Waals surface area contributed by atoms with Crippen molar-refractivity contribution in [3.63, 3.8) is 0 Å². The second-order valence-electron chi connectivity index (χ2n) is 13.3. The van der Waals surface area contributed by atoms with Crippen LogP contribution < -0.4 is 20.7 Å². The number of aromatic carboxylic acids is 1. The lowest BCUT2D eigenvalue weighted by atomic mass is 9.98. The van der Waals surface area contributed by atoms with Gasteiger partial charge in [-0.3, -0.25) is 5.41 Å². The Morgan fingerprint density at radius 3 is 2.74 bits per heavy atom. The minimum Gasteiger partial charge on any atom is -0.491 e. The molecule has 3 heterocycles. The zero-order valence-electron chi connectivity index (χ0n) is 32.3. The van der Waals surface area contributed by atoms with Crippen molar-refractivity contribution in [2.24, 2.45) is 10.7 Å². The summed E-state index contributed by atoms with van der Waals surface area (Å²) in [6.45, 7) is 9.20. The lowest BCUT2D eigenvalue weighted by molar-refractivity contribution is -0.527. The number of nitrogens with zero attached hydrogens (tertiary/aromatic N) is 5. The molecule has 1 atom stereocenters. The lowest BCUT2D eigenvalue weighted by Crippen LogP contribution is -2.38. The quantitative estimate of drug-likeness (QED) is 0.0182. The van der Waals surface area contributed by atoms with Gasteiger partial charge in [-0.2, -0.15) is 0 Å². The molecule has 2 aromatic carbocycles. The lowest BCUT2D eigenvalue weighted by Gasteiger charge is -2.30. The maximum absolute atomic E-state index is 14.9. The molecular formula is C40H48FN8O5S3+. The van der Waals surface area contributed by atoms with Crippen LogP contribution in [-0.2, 0) is 17.5 Å². The van der Waals surface area contributed by atoms with Crippen LogP contribution in [0, 0.1) is 23.1 Å². The second kappa shape index (κ2) is 21.1. The van der Waals surface area contributed by atoms with E-state index < -0.39 is 22.9 Å². The smallest absolute Gasteiger partial charge is 0.355 e. The number of aryl methyl sites for hydroxylation is 1. The summed E-state index contributed by atoms with van der Waals surface area (Å²) >= 11 is 0.873. The number of rotatable bonds is 18. The number of hydrogen-bond donors (Lipinski definition) is 5. The number of carboxylic acid groups (broad SMARTS) is 1. The number of piperidine rings is 1. The number of halogens is 1. The first-order chi connectivity index (χ1) is 27.4. The number of hydrogen-bond acceptors (Lipinski definition) is 10. The number of nitrogens with one attached hydrogen (secondary N) is 2. The molecule has 1 aliphatic heterocycles. The van der Waals surface area contributed by atoms with Crippen LogP contribution in [0.2, 0.25) is 0 Å². The van der Waals surface area contributed by atoms with Crippen LogP contribution in [0.3, 0.4) is 0 Å². The molecule has 1 fully saturated rings. The second-order valence-corrected chi connectivity index (χ2v) is 16.4. The van der Waals surface area contributed by atoms with Gasteiger partial charge in [0.25, 0.3) is 0 Å². The number of carbonyl (C=O) groups is 1. The average molecular weight is 836 g/mol. The van der Waals surface area contributed by atoms with Gasteiger partial charge in [0.2, 0.25) is 5.13 Å². The van der Waals surface area contributed by atoms with E-state index in [-0.39, 0.29) is 35.5 Å². The summed E-state index contributed by atoms with van der Waals surface area (Å²) in [6, 6.07) is 12.3. The monoisotopic (exact) mass is 835 g/mol. The zero-order valence-corrected chi connectivity index (χ0v) is 34.7. The van der Waals surface area contributed by atoms with E-state index in [2.05, 4.69) is 50.5 Å². The van der Waals surface area contributed by atoms with Crippen molar-refractivity contribution in [3.05, 3.63) is 75.6 Å². The third kappa shape index (κ3) is 12.1.